The molecule has 4 unspecified atom stereocenters. The second-order valence-electron chi connectivity index (χ2n) is 20.5. The molecule has 1 aliphatic heterocycles. The van der Waals surface area contributed by atoms with E-state index >= 15 is 0 Å². The molecule has 1 heterocycles. The zero-order valence-corrected chi connectivity index (χ0v) is 40.0. The molecule has 5 aromatic rings. The van der Waals surface area contributed by atoms with Gasteiger partial charge < -0.3 is 0 Å². The van der Waals surface area contributed by atoms with E-state index in [0.29, 0.717) is 31.7 Å². The summed E-state index contributed by atoms with van der Waals surface area (Å²) in [6.07, 6.45) is 0. The number of benzene rings is 5. The lowest BCUT2D eigenvalue weighted by molar-refractivity contribution is 0.553. The van der Waals surface area contributed by atoms with E-state index < -0.39 is 46.4 Å². The highest BCUT2D eigenvalue weighted by Gasteiger charge is 2.59. The minimum atomic E-state index is -1.97. The highest BCUT2D eigenvalue weighted by atomic mass is 28.4. The maximum absolute atomic E-state index is 2.68. The predicted octanol–water partition coefficient (Wildman–Crippen LogP) is 13.3. The zero-order chi connectivity index (χ0) is 38.3. The van der Waals surface area contributed by atoms with Crippen LogP contribution in [0.2, 0.25) is 78.6 Å². The molecule has 0 aromatic heterocycles. The molecule has 0 radical (unpaired) electrons. The van der Waals surface area contributed by atoms with Gasteiger partial charge >= 0.3 is 14.1 Å². The predicted molar refractivity (Wildman–Crippen MR) is 247 cm³/mol. The van der Waals surface area contributed by atoms with Crippen LogP contribution in [0, 0.1) is 0 Å². The van der Waals surface area contributed by atoms with Crippen molar-refractivity contribution in [2.75, 3.05) is 0 Å². The van der Waals surface area contributed by atoms with Crippen LogP contribution in [-0.2, 0) is 0 Å². The van der Waals surface area contributed by atoms with E-state index in [4.69, 9.17) is 0 Å². The average Bonchev–Trinajstić information content (AvgIpc) is 3.43. The molecule has 1 aliphatic rings. The lowest BCUT2D eigenvalue weighted by atomic mass is 9.75. The summed E-state index contributed by atoms with van der Waals surface area (Å²) in [6, 6.07) is 55.1. The Balaban J connectivity index is 1.85. The van der Waals surface area contributed by atoms with Gasteiger partial charge in [0.1, 0.15) is 0 Å². The van der Waals surface area contributed by atoms with Crippen LogP contribution in [0.3, 0.4) is 0 Å². The topological polar surface area (TPSA) is 0 Å². The molecule has 0 aliphatic carbocycles. The molecule has 0 bridgehead atoms. The van der Waals surface area contributed by atoms with Gasteiger partial charge in [0, 0.05) is 32.3 Å². The van der Waals surface area contributed by atoms with Crippen molar-refractivity contribution in [2.45, 2.75) is 110 Å². The van der Waals surface area contributed by atoms with Gasteiger partial charge in [-0.25, -0.2) is 0 Å². The van der Waals surface area contributed by atoms with Gasteiger partial charge in [-0.05, 0) is 42.9 Å². The summed E-state index contributed by atoms with van der Waals surface area (Å²) >= 11 is -1.97. The summed E-state index contributed by atoms with van der Waals surface area (Å²) in [5.41, 5.74) is 9.66. The van der Waals surface area contributed by atoms with Gasteiger partial charge in [0.25, 0.3) is 0 Å². The SMILES string of the molecule is C[Si](C)(C)C(c1cccc(C([Si](C)(C)C)[Si](C)(C)C)[c]1[Al]1[CH](c2ccccc2)C(c2ccccc2)C(c2ccccc2)[CH]1c1ccccc1)[Si](C)(C)C. The highest BCUT2D eigenvalue weighted by Crippen LogP contribution is 2.60. The summed E-state index contributed by atoms with van der Waals surface area (Å²) in [4.78, 5) is 0. The third-order valence-electron chi connectivity index (χ3n) is 12.3. The van der Waals surface area contributed by atoms with Crippen LogP contribution in [0.15, 0.2) is 140 Å². The van der Waals surface area contributed by atoms with Gasteiger partial charge in [0.15, 0.2) is 0 Å². The Bertz CT molecular complexity index is 1770. The molecule has 6 rings (SSSR count). The molecule has 5 heteroatoms. The first-order valence-electron chi connectivity index (χ1n) is 20.2. The molecule has 53 heavy (non-hydrogen) atoms. The minimum Gasteiger partial charge on any atom is -0.104 e. The Hall–Kier alpha value is -2.50. The average molecular weight is 781 g/mol. The van der Waals surface area contributed by atoms with E-state index in [1.54, 1.807) is 22.3 Å². The Labute approximate surface area is 331 Å². The molecule has 1 saturated heterocycles. The number of hydrogen-bond donors (Lipinski definition) is 0. The fraction of sp³-hybridized carbons (Fsp3) is 0.375. The molecular weight excluding hydrogens is 716 g/mol. The van der Waals surface area contributed by atoms with Crippen LogP contribution in [0.5, 0.6) is 0 Å². The van der Waals surface area contributed by atoms with Crippen molar-refractivity contribution in [2.24, 2.45) is 0 Å². The number of hydrogen-bond acceptors (Lipinski definition) is 0. The van der Waals surface area contributed by atoms with Crippen molar-refractivity contribution in [3.8, 4) is 0 Å². The van der Waals surface area contributed by atoms with Crippen molar-refractivity contribution in [3.05, 3.63) is 173 Å². The maximum atomic E-state index is 2.68. The monoisotopic (exact) mass is 780 g/mol. The van der Waals surface area contributed by atoms with E-state index in [1.165, 1.54) is 11.1 Å². The first kappa shape index (κ1) is 40.2. The van der Waals surface area contributed by atoms with Gasteiger partial charge in [-0.3, -0.25) is 0 Å². The molecule has 0 amide bonds. The first-order chi connectivity index (χ1) is 24.9. The van der Waals surface area contributed by atoms with E-state index in [1.807, 2.05) is 4.43 Å². The molecule has 4 atom stereocenters. The molecule has 0 spiro atoms. The maximum Gasteiger partial charge on any atom is 0.324 e. The quantitative estimate of drug-likeness (QED) is 0.117. The van der Waals surface area contributed by atoms with E-state index in [0.717, 1.165) is 0 Å². The van der Waals surface area contributed by atoms with Crippen molar-refractivity contribution < 1.29 is 0 Å². The second kappa shape index (κ2) is 15.6. The first-order valence-corrected chi connectivity index (χ1v) is 36.4. The molecule has 0 N–H and O–H groups in total. The molecule has 0 saturated carbocycles. The third kappa shape index (κ3) is 8.37. The van der Waals surface area contributed by atoms with Crippen LogP contribution < -0.4 is 4.43 Å². The third-order valence-corrected chi connectivity index (χ3v) is 35.3. The molecule has 1 fully saturated rings. The second-order valence-corrected chi connectivity index (χ2v) is 45.9. The Morgan fingerprint density at radius 2 is 0.604 bits per heavy atom. The molecule has 276 valence electrons. The van der Waals surface area contributed by atoms with Crippen LogP contribution in [0.1, 0.15) is 65.1 Å². The van der Waals surface area contributed by atoms with Crippen LogP contribution in [-0.4, -0.2) is 46.4 Å². The smallest absolute Gasteiger partial charge is 0.104 e. The van der Waals surface area contributed by atoms with Crippen molar-refractivity contribution in [3.63, 3.8) is 0 Å². The van der Waals surface area contributed by atoms with E-state index in [2.05, 4.69) is 218 Å². The Morgan fingerprint density at radius 3 is 0.868 bits per heavy atom. The number of rotatable bonds is 11. The van der Waals surface area contributed by atoms with E-state index in [9.17, 15) is 0 Å². The molecular formula is C48H65AlSi4. The Morgan fingerprint density at radius 1 is 0.340 bits per heavy atom. The van der Waals surface area contributed by atoms with Gasteiger partial charge in [0.2, 0.25) is 0 Å². The van der Waals surface area contributed by atoms with Gasteiger partial charge in [-0.15, -0.1) is 4.43 Å². The lowest BCUT2D eigenvalue weighted by Crippen LogP contribution is -2.55. The van der Waals surface area contributed by atoms with Crippen LogP contribution in [0.4, 0.5) is 0 Å². The van der Waals surface area contributed by atoms with Crippen LogP contribution in [0.25, 0.3) is 0 Å². The standard InChI is InChI=1S/C28H24.C20H41Si4.Al/c1-5-13-23(14-6-1)21-27(25-17-9-3-10-18-25)28(26-19-11-4-12-20-26)22-24-15-7-2-8-16-24;1-21(2,3)19(22(4,5)6)17-14-13-15-18(16-17)20(23(7,8)9)24(10,11)12;/h1-22,27-28H;13-15,19-20H,1-12H3;. The summed E-state index contributed by atoms with van der Waals surface area (Å²) < 4.78 is 2.78. The van der Waals surface area contributed by atoms with Gasteiger partial charge in [-0.2, -0.15) is 0 Å². The largest absolute Gasteiger partial charge is 0.324 e. The van der Waals surface area contributed by atoms with Gasteiger partial charge in [0.05, 0.1) is 0 Å². The molecule has 5 aromatic carbocycles. The zero-order valence-electron chi connectivity index (χ0n) is 34.8. The Kier molecular flexibility index (Phi) is 11.8. The lowest BCUT2D eigenvalue weighted by Gasteiger charge is -2.45. The summed E-state index contributed by atoms with van der Waals surface area (Å²) in [5.74, 6) is 0.747. The fourth-order valence-electron chi connectivity index (χ4n) is 11.8. The van der Waals surface area contributed by atoms with Crippen LogP contribution >= 0.6 is 0 Å². The minimum absolute atomic E-state index is 0.373. The van der Waals surface area contributed by atoms with Gasteiger partial charge in [-0.1, -0.05) is 240 Å². The normalized spacial score (nSPS) is 20.0. The van der Waals surface area contributed by atoms with Crippen molar-refractivity contribution in [1.82, 2.24) is 0 Å². The highest BCUT2D eigenvalue weighted by molar-refractivity contribution is 6.98. The fourth-order valence-corrected chi connectivity index (χ4v) is 43.5. The summed E-state index contributed by atoms with van der Waals surface area (Å²) in [7, 11) is -6.61. The summed E-state index contributed by atoms with van der Waals surface area (Å²) in [5, 5.41) is 1.36. The van der Waals surface area contributed by atoms with E-state index in [-0.39, 0.29) is 0 Å². The molecule has 0 nitrogen and oxygen atoms in total. The van der Waals surface area contributed by atoms with Crippen molar-refractivity contribution in [1.29, 1.82) is 0 Å². The van der Waals surface area contributed by atoms with Crippen molar-refractivity contribution >= 4 is 50.9 Å². The summed E-state index contributed by atoms with van der Waals surface area (Å²) in [6.45, 7) is 32.2.